The summed E-state index contributed by atoms with van der Waals surface area (Å²) in [7, 11) is -8.58. The molecule has 0 aliphatic carbocycles. The molecule has 0 fully saturated rings. The number of aryl methyl sites for hydroxylation is 1. The van der Waals surface area contributed by atoms with Crippen molar-refractivity contribution in [3.63, 3.8) is 0 Å². The Morgan fingerprint density at radius 1 is 0.620 bits per heavy atom. The summed E-state index contributed by atoms with van der Waals surface area (Å²) in [6, 6.07) is 12.0. The predicted octanol–water partition coefficient (Wildman–Crippen LogP) is 6.84. The lowest BCUT2D eigenvalue weighted by Crippen LogP contribution is -2.54. The zero-order valence-corrected chi connectivity index (χ0v) is 27.7. The van der Waals surface area contributed by atoms with Gasteiger partial charge in [-0.05, 0) is 79.7 Å². The third-order valence-corrected chi connectivity index (χ3v) is 9.63. The summed E-state index contributed by atoms with van der Waals surface area (Å²) < 4.78 is 129. The van der Waals surface area contributed by atoms with Gasteiger partial charge < -0.3 is 20.1 Å². The van der Waals surface area contributed by atoms with Gasteiger partial charge in [-0.2, -0.15) is 27.6 Å². The first kappa shape index (κ1) is 37.4. The number of hydrogen-bond donors (Lipinski definition) is 2. The van der Waals surface area contributed by atoms with Gasteiger partial charge >= 0.3 is 23.6 Å². The van der Waals surface area contributed by atoms with Gasteiger partial charge in [0, 0.05) is 11.4 Å². The number of sulfone groups is 2. The number of nitrogens with zero attached hydrogens (tertiary/aromatic N) is 2. The molecular weight excluding hydrogens is 715 g/mol. The Bertz CT molecular complexity index is 1950. The molecule has 266 valence electrons. The van der Waals surface area contributed by atoms with Gasteiger partial charge in [0.2, 0.25) is 19.7 Å². The minimum absolute atomic E-state index is 0.0980. The number of hydrazine groups is 1. The van der Waals surface area contributed by atoms with Gasteiger partial charge in [0.1, 0.15) is 28.7 Å². The van der Waals surface area contributed by atoms with Crippen molar-refractivity contribution >= 4 is 54.5 Å². The molecule has 0 aromatic heterocycles. The van der Waals surface area contributed by atoms with E-state index in [2.05, 4.69) is 10.6 Å². The number of anilines is 4. The zero-order valence-electron chi connectivity index (χ0n) is 26.1. The number of rotatable bonds is 10. The molecular formula is C31H27F5N4O8S2. The van der Waals surface area contributed by atoms with Crippen LogP contribution in [0.4, 0.5) is 54.3 Å². The quantitative estimate of drug-likeness (QED) is 0.133. The van der Waals surface area contributed by atoms with E-state index in [1.165, 1.54) is 12.1 Å². The summed E-state index contributed by atoms with van der Waals surface area (Å²) in [6.45, 7) is 1.74. The van der Waals surface area contributed by atoms with E-state index in [1.54, 1.807) is 19.1 Å². The highest BCUT2D eigenvalue weighted by atomic mass is 32.2. The van der Waals surface area contributed by atoms with Crippen molar-refractivity contribution in [1.82, 2.24) is 0 Å². The van der Waals surface area contributed by atoms with E-state index in [1.807, 2.05) is 0 Å². The first-order valence-corrected chi connectivity index (χ1v) is 17.0. The predicted molar refractivity (Wildman–Crippen MR) is 173 cm³/mol. The minimum atomic E-state index is -5.35. The van der Waals surface area contributed by atoms with E-state index in [4.69, 9.17) is 9.47 Å². The van der Waals surface area contributed by atoms with Gasteiger partial charge in [-0.1, -0.05) is 17.7 Å². The van der Waals surface area contributed by atoms with E-state index in [0.29, 0.717) is 22.2 Å². The maximum atomic E-state index is 14.3. The molecule has 4 rings (SSSR count). The number of halogens is 5. The first-order valence-electron chi connectivity index (χ1n) is 14.0. The Morgan fingerprint density at radius 2 is 0.980 bits per heavy atom. The number of benzene rings is 4. The summed E-state index contributed by atoms with van der Waals surface area (Å²) in [5.74, 6) is -9.33. The molecule has 19 heteroatoms. The van der Waals surface area contributed by atoms with Gasteiger partial charge in [0.05, 0.1) is 24.0 Å². The summed E-state index contributed by atoms with van der Waals surface area (Å²) in [4.78, 5) is 26.4. The van der Waals surface area contributed by atoms with Gasteiger partial charge in [0.15, 0.2) is 0 Å². The summed E-state index contributed by atoms with van der Waals surface area (Å²) in [6.07, 6.45) is 0. The maximum Gasteiger partial charge on any atom is 0.346 e. The Morgan fingerprint density at radius 3 is 1.32 bits per heavy atom. The lowest BCUT2D eigenvalue weighted by atomic mass is 10.2. The average Bonchev–Trinajstić information content (AvgIpc) is 3.08. The largest absolute Gasteiger partial charge is 0.494 e. The highest BCUT2D eigenvalue weighted by Gasteiger charge is 2.37. The molecule has 0 aliphatic rings. The fourth-order valence-corrected chi connectivity index (χ4v) is 5.85. The van der Waals surface area contributed by atoms with Crippen molar-refractivity contribution in [3.05, 3.63) is 96.3 Å². The molecule has 0 heterocycles. The first-order chi connectivity index (χ1) is 23.5. The number of carbonyl (C=O) groups excluding carboxylic acids is 2. The molecule has 0 radical (unpaired) electrons. The number of amides is 4. The van der Waals surface area contributed by atoms with Crippen LogP contribution < -0.4 is 30.1 Å². The molecule has 4 aromatic rings. The molecule has 0 saturated heterocycles. The number of nitrogens with one attached hydrogen (secondary N) is 2. The summed E-state index contributed by atoms with van der Waals surface area (Å²) in [5.41, 5.74) is -0.611. The maximum absolute atomic E-state index is 14.3. The van der Waals surface area contributed by atoms with Gasteiger partial charge in [0.25, 0.3) is 0 Å². The highest BCUT2D eigenvalue weighted by Crippen LogP contribution is 2.40. The molecule has 4 aromatic carbocycles. The van der Waals surface area contributed by atoms with Crippen LogP contribution in [0.25, 0.3) is 0 Å². The number of hydrogen-bond acceptors (Lipinski definition) is 8. The Kier molecular flexibility index (Phi) is 11.2. The molecule has 0 bridgehead atoms. The van der Waals surface area contributed by atoms with Crippen molar-refractivity contribution < 1.29 is 57.9 Å². The normalized spacial score (nSPS) is 11.6. The summed E-state index contributed by atoms with van der Waals surface area (Å²) in [5, 5.41) is 5.56. The second-order valence-electron chi connectivity index (χ2n) is 10.1. The number of methoxy groups -OCH3 is 2. The van der Waals surface area contributed by atoms with E-state index in [9.17, 15) is 48.4 Å². The van der Waals surface area contributed by atoms with Crippen LogP contribution in [0, 0.1) is 12.7 Å². The smallest absolute Gasteiger partial charge is 0.346 e. The van der Waals surface area contributed by atoms with E-state index >= 15 is 0 Å². The van der Waals surface area contributed by atoms with Crippen LogP contribution in [0.15, 0.2) is 94.7 Å². The monoisotopic (exact) mass is 742 g/mol. The number of alkyl halides is 4. The standard InChI is InChI=1S/C31H27F5N4O8S2/c1-18-4-8-20(9-5-18)37-30(41)39(24-16-22(12-14-26(24)47-2)49(43,44)28(33)34)40(31(42)38-21-10-6-19(32)7-11-21)25-17-23(13-15-27(25)48-3)50(45,46)29(35)36/h4-17,28-29H,1-3H3,(H,37,41)(H,38,42). The fraction of sp³-hybridized carbons (Fsp3) is 0.161. The van der Waals surface area contributed by atoms with Crippen molar-refractivity contribution in [2.45, 2.75) is 28.2 Å². The molecule has 12 nitrogen and oxygen atoms in total. The molecule has 0 atom stereocenters. The second kappa shape index (κ2) is 15.0. The molecule has 2 N–H and O–H groups in total. The summed E-state index contributed by atoms with van der Waals surface area (Å²) >= 11 is 0. The number of urea groups is 2. The molecule has 50 heavy (non-hydrogen) atoms. The van der Waals surface area contributed by atoms with Crippen LogP contribution in [0.1, 0.15) is 5.56 Å². The van der Waals surface area contributed by atoms with Crippen molar-refractivity contribution in [2.24, 2.45) is 0 Å². The van der Waals surface area contributed by atoms with Gasteiger partial charge in [-0.3, -0.25) is 0 Å². The van der Waals surface area contributed by atoms with E-state index in [0.717, 1.165) is 68.3 Å². The lowest BCUT2D eigenvalue weighted by molar-refractivity contribution is 0.234. The number of ether oxygens (including phenoxy) is 2. The SMILES string of the molecule is COc1ccc(S(=O)(=O)C(F)F)cc1N(C(=O)Nc1ccc(C)cc1)N(C(=O)Nc1ccc(F)cc1)c1cc(S(=O)(=O)C(F)F)ccc1OC. The second-order valence-corrected chi connectivity index (χ2v) is 14.0. The van der Waals surface area contributed by atoms with E-state index < -0.39 is 76.0 Å². The van der Waals surface area contributed by atoms with Crippen molar-refractivity contribution in [3.8, 4) is 11.5 Å². The molecule has 0 saturated carbocycles. The molecule has 0 aliphatic heterocycles. The lowest BCUT2D eigenvalue weighted by Gasteiger charge is -2.36. The molecule has 0 spiro atoms. The van der Waals surface area contributed by atoms with Gasteiger partial charge in [-0.25, -0.2) is 30.8 Å². The zero-order chi connectivity index (χ0) is 37.0. The van der Waals surface area contributed by atoms with Crippen LogP contribution in [-0.4, -0.2) is 54.6 Å². The Balaban J connectivity index is 2.09. The van der Waals surface area contributed by atoms with Crippen LogP contribution >= 0.6 is 0 Å². The molecule has 0 unspecified atom stereocenters. The number of carbonyl (C=O) groups is 2. The van der Waals surface area contributed by atoms with Crippen LogP contribution in [0.2, 0.25) is 0 Å². The third kappa shape index (κ3) is 7.89. The van der Waals surface area contributed by atoms with Crippen LogP contribution in [-0.2, 0) is 19.7 Å². The average molecular weight is 743 g/mol. The van der Waals surface area contributed by atoms with Crippen LogP contribution in [0.3, 0.4) is 0 Å². The van der Waals surface area contributed by atoms with Gasteiger partial charge in [-0.15, -0.1) is 0 Å². The van der Waals surface area contributed by atoms with Crippen molar-refractivity contribution in [1.29, 1.82) is 0 Å². The minimum Gasteiger partial charge on any atom is -0.494 e. The topological polar surface area (TPSA) is 151 Å². The van der Waals surface area contributed by atoms with E-state index in [-0.39, 0.29) is 17.1 Å². The highest BCUT2D eigenvalue weighted by molar-refractivity contribution is 7.92. The third-order valence-electron chi connectivity index (χ3n) is 6.87. The van der Waals surface area contributed by atoms with Crippen molar-refractivity contribution in [2.75, 3.05) is 34.9 Å². The Hall–Kier alpha value is -5.43. The fourth-order valence-electron chi connectivity index (χ4n) is 4.37. The Labute approximate surface area is 282 Å². The molecule has 4 amide bonds. The van der Waals surface area contributed by atoms with Crippen LogP contribution in [0.5, 0.6) is 11.5 Å².